The van der Waals surface area contributed by atoms with Gasteiger partial charge in [-0.05, 0) is 13.8 Å². The molecule has 0 spiro atoms. The van der Waals surface area contributed by atoms with Gasteiger partial charge in [-0.15, -0.1) is 0 Å². The zero-order chi connectivity index (χ0) is 15.7. The van der Waals surface area contributed by atoms with Crippen LogP contribution in [0.4, 0.5) is 0 Å². The van der Waals surface area contributed by atoms with Gasteiger partial charge in [0.05, 0.1) is 0 Å². The highest BCUT2D eigenvalue weighted by molar-refractivity contribution is 6.01. The SMILES string of the molecule is CC(C)=CNN1C(=O)CCC1=O.NC(=O)CCC(N)=O. The summed E-state index contributed by atoms with van der Waals surface area (Å²) in [6, 6.07) is 0. The average Bonchev–Trinajstić information content (AvgIpc) is 2.65. The van der Waals surface area contributed by atoms with Gasteiger partial charge < -0.3 is 11.5 Å². The number of carbonyl (C=O) groups excluding carboxylic acids is 4. The third kappa shape index (κ3) is 7.85. The van der Waals surface area contributed by atoms with Crippen LogP contribution in [0.2, 0.25) is 0 Å². The van der Waals surface area contributed by atoms with Crippen LogP contribution in [0, 0.1) is 0 Å². The summed E-state index contributed by atoms with van der Waals surface area (Å²) in [6.07, 6.45) is 2.39. The van der Waals surface area contributed by atoms with Crippen molar-refractivity contribution < 1.29 is 19.2 Å². The highest BCUT2D eigenvalue weighted by Crippen LogP contribution is 2.08. The van der Waals surface area contributed by atoms with E-state index in [1.165, 1.54) is 0 Å². The van der Waals surface area contributed by atoms with Crippen molar-refractivity contribution in [2.45, 2.75) is 39.5 Å². The predicted octanol–water partition coefficient (Wildman–Crippen LogP) is -0.699. The van der Waals surface area contributed by atoms with Gasteiger partial charge in [0.15, 0.2) is 0 Å². The summed E-state index contributed by atoms with van der Waals surface area (Å²) in [6.45, 7) is 3.77. The fourth-order valence-corrected chi connectivity index (χ4v) is 1.16. The summed E-state index contributed by atoms with van der Waals surface area (Å²) < 4.78 is 0. The van der Waals surface area contributed by atoms with Crippen LogP contribution in [0.5, 0.6) is 0 Å². The predicted molar refractivity (Wildman–Crippen MR) is 71.3 cm³/mol. The molecule has 8 nitrogen and oxygen atoms in total. The van der Waals surface area contributed by atoms with E-state index in [9.17, 15) is 19.2 Å². The van der Waals surface area contributed by atoms with E-state index in [1.54, 1.807) is 6.20 Å². The van der Waals surface area contributed by atoms with Crippen molar-refractivity contribution in [3.8, 4) is 0 Å². The molecule has 1 rings (SSSR count). The number of nitrogens with one attached hydrogen (secondary N) is 1. The molecule has 20 heavy (non-hydrogen) atoms. The minimum absolute atomic E-state index is 0.0509. The topological polar surface area (TPSA) is 136 Å². The second-order valence-electron chi connectivity index (χ2n) is 4.41. The van der Waals surface area contributed by atoms with Crippen LogP contribution in [0.25, 0.3) is 0 Å². The quantitative estimate of drug-likeness (QED) is 0.573. The second-order valence-corrected chi connectivity index (χ2v) is 4.41. The molecule has 5 N–H and O–H groups in total. The Morgan fingerprint density at radius 2 is 1.50 bits per heavy atom. The molecule has 1 aliphatic heterocycles. The molecule has 0 unspecified atom stereocenters. The Morgan fingerprint density at radius 1 is 1.10 bits per heavy atom. The molecular formula is C12H20N4O4. The molecule has 1 fully saturated rings. The highest BCUT2D eigenvalue weighted by atomic mass is 16.2. The molecule has 0 radical (unpaired) electrons. The lowest BCUT2D eigenvalue weighted by Gasteiger charge is -2.12. The lowest BCUT2D eigenvalue weighted by molar-refractivity contribution is -0.141. The van der Waals surface area contributed by atoms with Crippen LogP contribution < -0.4 is 16.9 Å². The number of primary amides is 2. The molecular weight excluding hydrogens is 264 g/mol. The molecule has 8 heteroatoms. The number of imide groups is 1. The van der Waals surface area contributed by atoms with Gasteiger partial charge in [0.25, 0.3) is 0 Å². The summed E-state index contributed by atoms with van der Waals surface area (Å²) in [7, 11) is 0. The summed E-state index contributed by atoms with van der Waals surface area (Å²) >= 11 is 0. The summed E-state index contributed by atoms with van der Waals surface area (Å²) in [5.74, 6) is -1.30. The summed E-state index contributed by atoms with van der Waals surface area (Å²) in [5, 5.41) is 1.06. The van der Waals surface area contributed by atoms with Crippen molar-refractivity contribution in [2.75, 3.05) is 0 Å². The first kappa shape index (κ1) is 17.6. The molecule has 0 saturated carbocycles. The van der Waals surface area contributed by atoms with E-state index in [2.05, 4.69) is 5.43 Å². The van der Waals surface area contributed by atoms with Crippen LogP contribution in [0.3, 0.4) is 0 Å². The number of hydrogen-bond donors (Lipinski definition) is 3. The Hall–Kier alpha value is -2.38. The maximum atomic E-state index is 11.0. The molecule has 0 aromatic carbocycles. The first-order valence-electron chi connectivity index (χ1n) is 6.06. The molecule has 112 valence electrons. The third-order valence-electron chi connectivity index (χ3n) is 2.15. The Bertz CT molecular complexity index is 397. The van der Waals surface area contributed by atoms with E-state index in [4.69, 9.17) is 11.5 Å². The van der Waals surface area contributed by atoms with Gasteiger partial charge in [0.2, 0.25) is 23.6 Å². The first-order chi connectivity index (χ1) is 9.23. The molecule has 1 aliphatic rings. The molecule has 0 aliphatic carbocycles. The molecule has 4 amide bonds. The van der Waals surface area contributed by atoms with E-state index >= 15 is 0 Å². The number of nitrogens with two attached hydrogens (primary N) is 2. The normalized spacial score (nSPS) is 13.4. The van der Waals surface area contributed by atoms with E-state index in [0.717, 1.165) is 10.6 Å². The number of carbonyl (C=O) groups is 4. The standard InChI is InChI=1S/C8H12N2O2.C4H8N2O2/c1-6(2)5-9-10-7(11)3-4-8(10)12;5-3(7)1-2-4(6)8/h5,9H,3-4H2,1-2H3;1-2H2,(H2,5,7)(H2,6,8). The monoisotopic (exact) mass is 284 g/mol. The van der Waals surface area contributed by atoms with Crippen molar-refractivity contribution in [1.82, 2.24) is 10.4 Å². The van der Waals surface area contributed by atoms with Gasteiger partial charge in [0.1, 0.15) is 0 Å². The number of rotatable bonds is 5. The summed E-state index contributed by atoms with van der Waals surface area (Å²) in [4.78, 5) is 41.9. The molecule has 0 atom stereocenters. The van der Waals surface area contributed by atoms with Gasteiger partial charge in [-0.1, -0.05) is 5.57 Å². The zero-order valence-electron chi connectivity index (χ0n) is 11.6. The van der Waals surface area contributed by atoms with E-state index in [0.29, 0.717) is 12.8 Å². The molecule has 0 bridgehead atoms. The van der Waals surface area contributed by atoms with Gasteiger partial charge in [-0.25, -0.2) is 0 Å². The van der Waals surface area contributed by atoms with Crippen molar-refractivity contribution in [2.24, 2.45) is 11.5 Å². The van der Waals surface area contributed by atoms with Gasteiger partial charge >= 0.3 is 0 Å². The Balaban J connectivity index is 0.000000396. The lowest BCUT2D eigenvalue weighted by Crippen LogP contribution is -2.38. The highest BCUT2D eigenvalue weighted by Gasteiger charge is 2.28. The largest absolute Gasteiger partial charge is 0.370 e. The van der Waals surface area contributed by atoms with Gasteiger partial charge in [0, 0.05) is 31.9 Å². The van der Waals surface area contributed by atoms with Crippen LogP contribution in [-0.4, -0.2) is 28.6 Å². The van der Waals surface area contributed by atoms with Crippen molar-refractivity contribution in [3.63, 3.8) is 0 Å². The van der Waals surface area contributed by atoms with Gasteiger partial charge in [-0.2, -0.15) is 5.01 Å². The third-order valence-corrected chi connectivity index (χ3v) is 2.15. The van der Waals surface area contributed by atoms with Crippen LogP contribution in [0.1, 0.15) is 39.5 Å². The summed E-state index contributed by atoms with van der Waals surface area (Å²) in [5.41, 5.74) is 13.1. The van der Waals surface area contributed by atoms with E-state index in [1.807, 2.05) is 13.8 Å². The number of allylic oxidation sites excluding steroid dienone is 1. The van der Waals surface area contributed by atoms with Crippen molar-refractivity contribution in [3.05, 3.63) is 11.8 Å². The van der Waals surface area contributed by atoms with E-state index < -0.39 is 11.8 Å². The molecule has 0 aromatic heterocycles. The maximum absolute atomic E-state index is 11.0. The van der Waals surface area contributed by atoms with Crippen molar-refractivity contribution in [1.29, 1.82) is 0 Å². The second kappa shape index (κ2) is 8.68. The van der Waals surface area contributed by atoms with Crippen LogP contribution in [0.15, 0.2) is 11.8 Å². The fourth-order valence-electron chi connectivity index (χ4n) is 1.16. The Labute approximate surface area is 117 Å². The first-order valence-corrected chi connectivity index (χ1v) is 6.06. The number of hydrogen-bond acceptors (Lipinski definition) is 5. The van der Waals surface area contributed by atoms with Crippen LogP contribution >= 0.6 is 0 Å². The zero-order valence-corrected chi connectivity index (χ0v) is 11.6. The maximum Gasteiger partial charge on any atom is 0.248 e. The van der Waals surface area contributed by atoms with Crippen LogP contribution in [-0.2, 0) is 19.2 Å². The smallest absolute Gasteiger partial charge is 0.248 e. The van der Waals surface area contributed by atoms with Gasteiger partial charge in [-0.3, -0.25) is 24.6 Å². The Morgan fingerprint density at radius 3 is 1.80 bits per heavy atom. The lowest BCUT2D eigenvalue weighted by atomic mass is 10.3. The average molecular weight is 284 g/mol. The number of nitrogens with zero attached hydrogens (tertiary/aromatic N) is 1. The minimum Gasteiger partial charge on any atom is -0.370 e. The minimum atomic E-state index is -0.496. The number of amides is 4. The molecule has 1 saturated heterocycles. The molecule has 0 aromatic rings. The van der Waals surface area contributed by atoms with Crippen molar-refractivity contribution >= 4 is 23.6 Å². The number of hydrazine groups is 1. The van der Waals surface area contributed by atoms with E-state index in [-0.39, 0.29) is 24.7 Å². The fraction of sp³-hybridized carbons (Fsp3) is 0.500. The Kier molecular flexibility index (Phi) is 7.64. The molecule has 1 heterocycles.